The van der Waals surface area contributed by atoms with Crippen LogP contribution in [0, 0.1) is 5.92 Å². The van der Waals surface area contributed by atoms with Crippen LogP contribution in [0.4, 0.5) is 4.79 Å². The lowest BCUT2D eigenvalue weighted by Crippen LogP contribution is -2.51. The second-order valence-corrected chi connectivity index (χ2v) is 8.85. The summed E-state index contributed by atoms with van der Waals surface area (Å²) in [4.78, 5) is 38.6. The van der Waals surface area contributed by atoms with Crippen molar-refractivity contribution in [1.29, 1.82) is 0 Å². The zero-order valence-electron chi connectivity index (χ0n) is 19.1. The maximum atomic E-state index is 13.1. The Morgan fingerprint density at radius 1 is 1.06 bits per heavy atom. The minimum absolute atomic E-state index is 0.0136. The van der Waals surface area contributed by atoms with E-state index < -0.39 is 18.1 Å². The molecule has 2 aliphatic rings. The summed E-state index contributed by atoms with van der Waals surface area (Å²) in [6.07, 6.45) is 2.60. The van der Waals surface area contributed by atoms with Gasteiger partial charge in [-0.1, -0.05) is 54.6 Å². The summed E-state index contributed by atoms with van der Waals surface area (Å²) in [5.41, 5.74) is 4.45. The summed E-state index contributed by atoms with van der Waals surface area (Å²) in [6, 6.07) is 15.2. The number of alkyl carbamates (subject to hydrolysis) is 1. The van der Waals surface area contributed by atoms with Gasteiger partial charge >= 0.3 is 12.1 Å². The van der Waals surface area contributed by atoms with Crippen LogP contribution in [0.3, 0.4) is 0 Å². The number of carboxylic acids is 1. The number of hydrogen-bond acceptors (Lipinski definition) is 4. The van der Waals surface area contributed by atoms with E-state index in [2.05, 4.69) is 24.0 Å². The van der Waals surface area contributed by atoms with Crippen LogP contribution in [-0.4, -0.2) is 53.7 Å². The van der Waals surface area contributed by atoms with Crippen LogP contribution in [0.15, 0.2) is 61.2 Å². The lowest BCUT2D eigenvalue weighted by Gasteiger charge is -2.33. The monoisotopic (exact) mass is 462 g/mol. The second-order valence-electron chi connectivity index (χ2n) is 8.85. The van der Waals surface area contributed by atoms with Crippen LogP contribution in [0.2, 0.25) is 0 Å². The molecule has 1 saturated heterocycles. The molecule has 2 N–H and O–H groups in total. The van der Waals surface area contributed by atoms with Gasteiger partial charge in [-0.25, -0.2) is 4.79 Å². The highest BCUT2D eigenvalue weighted by Gasteiger charge is 2.32. The van der Waals surface area contributed by atoms with Gasteiger partial charge in [-0.3, -0.25) is 9.59 Å². The summed E-state index contributed by atoms with van der Waals surface area (Å²) < 4.78 is 5.57. The molecule has 1 atom stereocenters. The van der Waals surface area contributed by atoms with Gasteiger partial charge in [-0.15, -0.1) is 6.58 Å². The molecule has 7 nitrogen and oxygen atoms in total. The molecule has 0 aromatic heterocycles. The molecular formula is C27H30N2O5. The summed E-state index contributed by atoms with van der Waals surface area (Å²) >= 11 is 0. The third kappa shape index (κ3) is 5.14. The lowest BCUT2D eigenvalue weighted by molar-refractivity contribution is -0.138. The molecule has 4 rings (SSSR count). The van der Waals surface area contributed by atoms with Gasteiger partial charge in [0.05, 0.1) is 0 Å². The van der Waals surface area contributed by atoms with Crippen LogP contribution >= 0.6 is 0 Å². The fourth-order valence-electron chi connectivity index (χ4n) is 4.88. The van der Waals surface area contributed by atoms with Crippen molar-refractivity contribution >= 4 is 18.0 Å². The Hall–Kier alpha value is -3.61. The van der Waals surface area contributed by atoms with E-state index in [9.17, 15) is 14.4 Å². The Kier molecular flexibility index (Phi) is 7.30. The average Bonchev–Trinajstić information content (AvgIpc) is 3.18. The van der Waals surface area contributed by atoms with Crippen LogP contribution < -0.4 is 5.32 Å². The van der Waals surface area contributed by atoms with Gasteiger partial charge in [-0.2, -0.15) is 0 Å². The molecular weight excluding hydrogens is 432 g/mol. The Bertz CT molecular complexity index is 1030. The van der Waals surface area contributed by atoms with Crippen molar-refractivity contribution in [3.05, 3.63) is 72.3 Å². The molecule has 1 unspecified atom stereocenters. The Morgan fingerprint density at radius 3 is 2.21 bits per heavy atom. The molecule has 34 heavy (non-hydrogen) atoms. The number of rotatable bonds is 8. The van der Waals surface area contributed by atoms with E-state index in [4.69, 9.17) is 9.84 Å². The minimum Gasteiger partial charge on any atom is -0.481 e. The zero-order valence-corrected chi connectivity index (χ0v) is 19.1. The van der Waals surface area contributed by atoms with Crippen molar-refractivity contribution in [2.45, 2.75) is 37.6 Å². The Balaban J connectivity index is 1.40. The predicted octanol–water partition coefficient (Wildman–Crippen LogP) is 4.18. The summed E-state index contributed by atoms with van der Waals surface area (Å²) in [5.74, 6) is -1.00. The standard InChI is InChI=1S/C27H30N2O5/c1-2-18-13-15-29(16-14-18)26(32)24(11-12-25(30)31)28-27(33)34-17-23-21-9-5-3-7-19(21)20-8-4-6-10-22(20)23/h2-10,18,23-24H,1,11-17H2,(H,28,33)(H,30,31). The van der Waals surface area contributed by atoms with Crippen molar-refractivity contribution in [1.82, 2.24) is 10.2 Å². The number of allylic oxidation sites excluding steroid dienone is 1. The van der Waals surface area contributed by atoms with Gasteiger partial charge in [-0.05, 0) is 47.4 Å². The fraction of sp³-hybridized carbons (Fsp3) is 0.370. The van der Waals surface area contributed by atoms with Gasteiger partial charge in [0.1, 0.15) is 12.6 Å². The summed E-state index contributed by atoms with van der Waals surface area (Å²) in [7, 11) is 0. The molecule has 2 amide bonds. The van der Waals surface area contributed by atoms with E-state index in [0.717, 1.165) is 35.1 Å². The quantitative estimate of drug-likeness (QED) is 0.574. The predicted molar refractivity (Wildman–Crippen MR) is 128 cm³/mol. The Morgan fingerprint density at radius 2 is 1.65 bits per heavy atom. The van der Waals surface area contributed by atoms with Crippen molar-refractivity contribution < 1.29 is 24.2 Å². The first-order valence-corrected chi connectivity index (χ1v) is 11.7. The van der Waals surface area contributed by atoms with Gasteiger partial charge in [0.2, 0.25) is 5.91 Å². The first-order chi connectivity index (χ1) is 16.5. The molecule has 1 heterocycles. The van der Waals surface area contributed by atoms with E-state index in [1.54, 1.807) is 4.90 Å². The molecule has 1 aliphatic carbocycles. The van der Waals surface area contributed by atoms with Crippen LogP contribution in [-0.2, 0) is 14.3 Å². The summed E-state index contributed by atoms with van der Waals surface area (Å²) in [5, 5.41) is 11.7. The molecule has 0 radical (unpaired) electrons. The topological polar surface area (TPSA) is 95.9 Å². The zero-order chi connectivity index (χ0) is 24.1. The second kappa shape index (κ2) is 10.5. The van der Waals surface area contributed by atoms with Crippen LogP contribution in [0.25, 0.3) is 11.1 Å². The van der Waals surface area contributed by atoms with Crippen LogP contribution in [0.5, 0.6) is 0 Å². The number of benzene rings is 2. The number of amides is 2. The highest BCUT2D eigenvalue weighted by Crippen LogP contribution is 2.44. The molecule has 7 heteroatoms. The number of fused-ring (bicyclic) bond motifs is 3. The number of ether oxygens (including phenoxy) is 1. The van der Waals surface area contributed by atoms with E-state index in [1.807, 2.05) is 42.5 Å². The van der Waals surface area contributed by atoms with Crippen molar-refractivity contribution in [3.63, 3.8) is 0 Å². The van der Waals surface area contributed by atoms with Gasteiger partial charge < -0.3 is 20.1 Å². The first-order valence-electron chi connectivity index (χ1n) is 11.7. The number of carboxylic acid groups (broad SMARTS) is 1. The van der Waals surface area contributed by atoms with E-state index in [1.165, 1.54) is 0 Å². The minimum atomic E-state index is -1.02. The number of carbonyl (C=O) groups excluding carboxylic acids is 2. The third-order valence-corrected chi connectivity index (χ3v) is 6.77. The average molecular weight is 463 g/mol. The molecule has 0 spiro atoms. The number of piperidine rings is 1. The van der Waals surface area contributed by atoms with Crippen LogP contribution in [0.1, 0.15) is 42.7 Å². The Labute approximate surface area is 199 Å². The third-order valence-electron chi connectivity index (χ3n) is 6.77. The van der Waals surface area contributed by atoms with Crippen molar-refractivity contribution in [3.8, 4) is 11.1 Å². The smallest absolute Gasteiger partial charge is 0.407 e. The number of carbonyl (C=O) groups is 3. The number of hydrogen-bond donors (Lipinski definition) is 2. The summed E-state index contributed by atoms with van der Waals surface area (Å²) in [6.45, 7) is 5.07. The van der Waals surface area contributed by atoms with E-state index >= 15 is 0 Å². The SMILES string of the molecule is C=CC1CCN(C(=O)C(CCC(=O)O)NC(=O)OCC2c3ccccc3-c3ccccc32)CC1. The molecule has 0 bridgehead atoms. The van der Waals surface area contributed by atoms with Gasteiger partial charge in [0, 0.05) is 25.4 Å². The molecule has 1 aliphatic heterocycles. The number of likely N-dealkylation sites (tertiary alicyclic amines) is 1. The molecule has 0 saturated carbocycles. The fourth-order valence-corrected chi connectivity index (χ4v) is 4.88. The van der Waals surface area contributed by atoms with E-state index in [-0.39, 0.29) is 31.3 Å². The van der Waals surface area contributed by atoms with Crippen molar-refractivity contribution in [2.75, 3.05) is 19.7 Å². The van der Waals surface area contributed by atoms with Gasteiger partial charge in [0.25, 0.3) is 0 Å². The largest absolute Gasteiger partial charge is 0.481 e. The highest BCUT2D eigenvalue weighted by molar-refractivity contribution is 5.86. The molecule has 2 aromatic rings. The number of nitrogens with one attached hydrogen (secondary N) is 1. The number of nitrogens with zero attached hydrogens (tertiary/aromatic N) is 1. The normalized spacial score (nSPS) is 16.3. The molecule has 1 fully saturated rings. The first kappa shape index (κ1) is 23.5. The van der Waals surface area contributed by atoms with Crippen molar-refractivity contribution in [2.24, 2.45) is 5.92 Å². The maximum absolute atomic E-state index is 13.1. The lowest BCUT2D eigenvalue weighted by atomic mass is 9.96. The highest BCUT2D eigenvalue weighted by atomic mass is 16.5. The van der Waals surface area contributed by atoms with Gasteiger partial charge in [0.15, 0.2) is 0 Å². The maximum Gasteiger partial charge on any atom is 0.407 e. The van der Waals surface area contributed by atoms with E-state index in [0.29, 0.717) is 19.0 Å². The molecule has 2 aromatic carbocycles. The number of aliphatic carboxylic acids is 1. The molecule has 178 valence electrons.